The van der Waals surface area contributed by atoms with Gasteiger partial charge in [0, 0.05) is 6.54 Å². The minimum Gasteiger partial charge on any atom is -0.459 e. The number of hydrogen-bond donors (Lipinski definition) is 1. The zero-order chi connectivity index (χ0) is 16.9. The quantitative estimate of drug-likeness (QED) is 0.806. The number of ether oxygens (including phenoxy) is 2. The molecule has 0 aromatic rings. The van der Waals surface area contributed by atoms with E-state index in [0.717, 1.165) is 25.9 Å². The van der Waals surface area contributed by atoms with Gasteiger partial charge in [0.2, 0.25) is 0 Å². The highest BCUT2D eigenvalue weighted by molar-refractivity contribution is 5.81. The van der Waals surface area contributed by atoms with Gasteiger partial charge >= 0.3 is 12.1 Å². The predicted molar refractivity (Wildman–Crippen MR) is 84.6 cm³/mol. The fourth-order valence-corrected chi connectivity index (χ4v) is 2.39. The minimum absolute atomic E-state index is 0.0682. The third-order valence-corrected chi connectivity index (χ3v) is 3.46. The number of carbonyl (C=O) groups excluding carboxylic acids is 2. The van der Waals surface area contributed by atoms with Gasteiger partial charge in [0.25, 0.3) is 0 Å². The number of rotatable bonds is 4. The second-order valence-electron chi connectivity index (χ2n) is 7.33. The van der Waals surface area contributed by atoms with E-state index in [0.29, 0.717) is 0 Å². The first-order valence-electron chi connectivity index (χ1n) is 7.97. The van der Waals surface area contributed by atoms with E-state index in [9.17, 15) is 9.59 Å². The molecule has 1 aliphatic heterocycles. The SMILES string of the molecule is CC(C)[C@H](NC(=O)OC(C)(C)C)C(=O)OC1CCCN(C)C1. The molecule has 1 rings (SSSR count). The van der Waals surface area contributed by atoms with Crippen LogP contribution in [0.15, 0.2) is 0 Å². The van der Waals surface area contributed by atoms with Crippen LogP contribution in [0.1, 0.15) is 47.5 Å². The maximum Gasteiger partial charge on any atom is 0.408 e. The summed E-state index contributed by atoms with van der Waals surface area (Å²) in [6, 6.07) is -0.693. The number of nitrogens with zero attached hydrogens (tertiary/aromatic N) is 1. The average molecular weight is 314 g/mol. The first-order valence-corrected chi connectivity index (χ1v) is 7.97. The van der Waals surface area contributed by atoms with Crippen molar-refractivity contribution < 1.29 is 19.1 Å². The lowest BCUT2D eigenvalue weighted by molar-refractivity contribution is -0.155. The van der Waals surface area contributed by atoms with Gasteiger partial charge in [-0.25, -0.2) is 9.59 Å². The fourth-order valence-electron chi connectivity index (χ4n) is 2.39. The van der Waals surface area contributed by atoms with Crippen molar-refractivity contribution in [3.63, 3.8) is 0 Å². The van der Waals surface area contributed by atoms with Crippen molar-refractivity contribution >= 4 is 12.1 Å². The Kier molecular flexibility index (Phi) is 6.66. The molecule has 1 heterocycles. The molecule has 0 saturated carbocycles. The maximum absolute atomic E-state index is 12.3. The number of esters is 1. The van der Waals surface area contributed by atoms with Gasteiger partial charge in [0.15, 0.2) is 0 Å². The highest BCUT2D eigenvalue weighted by atomic mass is 16.6. The second-order valence-corrected chi connectivity index (χ2v) is 7.33. The predicted octanol–water partition coefficient (Wildman–Crippen LogP) is 2.17. The molecule has 0 aromatic heterocycles. The summed E-state index contributed by atoms with van der Waals surface area (Å²) in [5.74, 6) is -0.456. The van der Waals surface area contributed by atoms with E-state index in [1.807, 2.05) is 20.9 Å². The molecule has 0 aliphatic carbocycles. The van der Waals surface area contributed by atoms with Crippen molar-refractivity contribution in [2.24, 2.45) is 5.92 Å². The van der Waals surface area contributed by atoms with E-state index in [-0.39, 0.29) is 18.0 Å². The lowest BCUT2D eigenvalue weighted by atomic mass is 10.0. The van der Waals surface area contributed by atoms with Crippen LogP contribution >= 0.6 is 0 Å². The van der Waals surface area contributed by atoms with E-state index < -0.39 is 17.7 Å². The number of carbonyl (C=O) groups is 2. The van der Waals surface area contributed by atoms with Gasteiger partial charge in [-0.15, -0.1) is 0 Å². The summed E-state index contributed by atoms with van der Waals surface area (Å²) in [6.07, 6.45) is 1.19. The standard InChI is InChI=1S/C16H30N2O4/c1-11(2)13(17-15(20)22-16(3,4)5)14(19)21-12-8-7-9-18(6)10-12/h11-13H,7-10H2,1-6H3,(H,17,20)/t12?,13-/m0/s1. The molecule has 0 bridgehead atoms. The number of likely N-dealkylation sites (tertiary alicyclic amines) is 1. The second kappa shape index (κ2) is 7.81. The molecular weight excluding hydrogens is 284 g/mol. The summed E-state index contributed by atoms with van der Waals surface area (Å²) < 4.78 is 10.8. The number of amides is 1. The smallest absolute Gasteiger partial charge is 0.408 e. The number of alkyl carbamates (subject to hydrolysis) is 1. The summed E-state index contributed by atoms with van der Waals surface area (Å²) in [6.45, 7) is 10.9. The lowest BCUT2D eigenvalue weighted by Crippen LogP contribution is -2.49. The van der Waals surface area contributed by atoms with E-state index >= 15 is 0 Å². The van der Waals surface area contributed by atoms with Gasteiger partial charge in [0.1, 0.15) is 17.7 Å². The monoisotopic (exact) mass is 314 g/mol. The Morgan fingerprint density at radius 1 is 1.27 bits per heavy atom. The van der Waals surface area contributed by atoms with Gasteiger partial charge in [0.05, 0.1) is 0 Å². The van der Waals surface area contributed by atoms with Crippen LogP contribution in [0.2, 0.25) is 0 Å². The Hall–Kier alpha value is -1.30. The summed E-state index contributed by atoms with van der Waals surface area (Å²) in [5.41, 5.74) is -0.596. The van der Waals surface area contributed by atoms with Gasteiger partial charge in [-0.3, -0.25) is 0 Å². The molecule has 1 fully saturated rings. The normalized spacial score (nSPS) is 21.3. The van der Waals surface area contributed by atoms with Gasteiger partial charge in [-0.1, -0.05) is 13.8 Å². The highest BCUT2D eigenvalue weighted by Gasteiger charge is 2.30. The fraction of sp³-hybridized carbons (Fsp3) is 0.875. The Labute approximate surface area is 133 Å². The summed E-state index contributed by atoms with van der Waals surface area (Å²) in [4.78, 5) is 26.4. The Morgan fingerprint density at radius 3 is 2.41 bits per heavy atom. The lowest BCUT2D eigenvalue weighted by Gasteiger charge is -2.31. The zero-order valence-corrected chi connectivity index (χ0v) is 14.6. The zero-order valence-electron chi connectivity index (χ0n) is 14.6. The molecule has 0 radical (unpaired) electrons. The first-order chi connectivity index (χ1) is 10.1. The third-order valence-electron chi connectivity index (χ3n) is 3.46. The molecular formula is C16H30N2O4. The van der Waals surface area contributed by atoms with Gasteiger partial charge in [-0.05, 0) is 53.1 Å². The van der Waals surface area contributed by atoms with Crippen molar-refractivity contribution in [1.29, 1.82) is 0 Å². The van der Waals surface area contributed by atoms with Crippen molar-refractivity contribution in [2.75, 3.05) is 20.1 Å². The molecule has 1 saturated heterocycles. The van der Waals surface area contributed by atoms with Crippen LogP contribution in [0.4, 0.5) is 4.79 Å². The van der Waals surface area contributed by atoms with E-state index in [2.05, 4.69) is 10.2 Å². The van der Waals surface area contributed by atoms with E-state index in [1.54, 1.807) is 20.8 Å². The number of hydrogen-bond acceptors (Lipinski definition) is 5. The van der Waals surface area contributed by atoms with Crippen LogP contribution in [0.25, 0.3) is 0 Å². The topological polar surface area (TPSA) is 67.9 Å². The average Bonchev–Trinajstić information content (AvgIpc) is 2.33. The Balaban J connectivity index is 2.58. The number of nitrogens with one attached hydrogen (secondary N) is 1. The molecule has 1 aliphatic rings. The molecule has 0 spiro atoms. The Bertz CT molecular complexity index is 390. The molecule has 1 amide bonds. The number of likely N-dealkylation sites (N-methyl/N-ethyl adjacent to an activating group) is 1. The molecule has 1 unspecified atom stereocenters. The van der Waals surface area contributed by atoms with Crippen molar-refractivity contribution in [1.82, 2.24) is 10.2 Å². The van der Waals surface area contributed by atoms with Crippen molar-refractivity contribution in [2.45, 2.75) is 65.2 Å². The third kappa shape index (κ3) is 6.64. The van der Waals surface area contributed by atoms with Crippen LogP contribution in [0.5, 0.6) is 0 Å². The van der Waals surface area contributed by atoms with Crippen LogP contribution in [-0.4, -0.2) is 54.8 Å². The van der Waals surface area contributed by atoms with Crippen molar-refractivity contribution in [3.8, 4) is 0 Å². The maximum atomic E-state index is 12.3. The minimum atomic E-state index is -0.693. The van der Waals surface area contributed by atoms with Crippen LogP contribution in [0, 0.1) is 5.92 Å². The molecule has 128 valence electrons. The molecule has 6 nitrogen and oxygen atoms in total. The first kappa shape index (κ1) is 18.7. The van der Waals surface area contributed by atoms with Gasteiger partial charge in [-0.2, -0.15) is 0 Å². The molecule has 6 heteroatoms. The Morgan fingerprint density at radius 2 is 1.91 bits per heavy atom. The summed E-state index contributed by atoms with van der Waals surface area (Å²) >= 11 is 0. The van der Waals surface area contributed by atoms with Crippen LogP contribution < -0.4 is 5.32 Å². The summed E-state index contributed by atoms with van der Waals surface area (Å²) in [5, 5.41) is 2.62. The molecule has 1 N–H and O–H groups in total. The van der Waals surface area contributed by atoms with E-state index in [1.165, 1.54) is 0 Å². The molecule has 2 atom stereocenters. The highest BCUT2D eigenvalue weighted by Crippen LogP contribution is 2.15. The van der Waals surface area contributed by atoms with Crippen LogP contribution in [0.3, 0.4) is 0 Å². The molecule has 0 aromatic carbocycles. The van der Waals surface area contributed by atoms with Gasteiger partial charge < -0.3 is 19.7 Å². The summed E-state index contributed by atoms with van der Waals surface area (Å²) in [7, 11) is 2.01. The van der Waals surface area contributed by atoms with Crippen molar-refractivity contribution in [3.05, 3.63) is 0 Å². The number of piperidine rings is 1. The largest absolute Gasteiger partial charge is 0.459 e. The molecule has 22 heavy (non-hydrogen) atoms. The van der Waals surface area contributed by atoms with E-state index in [4.69, 9.17) is 9.47 Å². The van der Waals surface area contributed by atoms with Crippen LogP contribution in [-0.2, 0) is 14.3 Å².